The number of rotatable bonds is 7. The average Bonchev–Trinajstić information content (AvgIpc) is 2.83. The third kappa shape index (κ3) is 4.32. The lowest BCUT2D eigenvalue weighted by Crippen LogP contribution is -2.36. The SMILES string of the molecule is CSCC(C)NC(C)CCc1ccc2c(c1)OCO2. The highest BCUT2D eigenvalue weighted by Crippen LogP contribution is 2.32. The van der Waals surface area contributed by atoms with Gasteiger partial charge >= 0.3 is 0 Å². The lowest BCUT2D eigenvalue weighted by Gasteiger charge is -2.19. The van der Waals surface area contributed by atoms with Crippen molar-refractivity contribution >= 4 is 11.8 Å². The second-order valence-electron chi connectivity index (χ2n) is 5.15. The molecule has 2 unspecified atom stereocenters. The summed E-state index contributed by atoms with van der Waals surface area (Å²) in [5.74, 6) is 2.91. The summed E-state index contributed by atoms with van der Waals surface area (Å²) in [6.45, 7) is 4.85. The predicted molar refractivity (Wildman–Crippen MR) is 81.3 cm³/mol. The van der Waals surface area contributed by atoms with Crippen molar-refractivity contribution in [2.75, 3.05) is 18.8 Å². The zero-order valence-electron chi connectivity index (χ0n) is 11.9. The molecular formula is C15H23NO2S. The van der Waals surface area contributed by atoms with E-state index in [1.165, 1.54) is 5.56 Å². The maximum absolute atomic E-state index is 5.40. The van der Waals surface area contributed by atoms with E-state index in [-0.39, 0.29) is 0 Å². The molecule has 1 heterocycles. The molecule has 1 aromatic rings. The molecule has 3 nitrogen and oxygen atoms in total. The van der Waals surface area contributed by atoms with E-state index >= 15 is 0 Å². The van der Waals surface area contributed by atoms with Crippen LogP contribution in [0.3, 0.4) is 0 Å². The molecule has 0 fully saturated rings. The topological polar surface area (TPSA) is 30.5 Å². The van der Waals surface area contributed by atoms with Crippen LogP contribution in [0.5, 0.6) is 11.5 Å². The molecule has 106 valence electrons. The zero-order valence-corrected chi connectivity index (χ0v) is 12.8. The molecule has 0 aromatic heterocycles. The van der Waals surface area contributed by atoms with Crippen molar-refractivity contribution in [3.63, 3.8) is 0 Å². The van der Waals surface area contributed by atoms with Crippen LogP contribution in [0.15, 0.2) is 18.2 Å². The summed E-state index contributed by atoms with van der Waals surface area (Å²) in [7, 11) is 0. The van der Waals surface area contributed by atoms with Crippen LogP contribution in [0, 0.1) is 0 Å². The predicted octanol–water partition coefficient (Wildman–Crippen LogP) is 3.08. The number of thioether (sulfide) groups is 1. The average molecular weight is 281 g/mol. The van der Waals surface area contributed by atoms with Gasteiger partial charge in [0.05, 0.1) is 0 Å². The van der Waals surface area contributed by atoms with E-state index in [2.05, 4.69) is 37.6 Å². The summed E-state index contributed by atoms with van der Waals surface area (Å²) < 4.78 is 10.7. The second-order valence-corrected chi connectivity index (χ2v) is 6.06. The molecule has 1 N–H and O–H groups in total. The molecule has 2 atom stereocenters. The van der Waals surface area contributed by atoms with Crippen LogP contribution in [0.1, 0.15) is 25.8 Å². The molecule has 0 amide bonds. The Morgan fingerprint density at radius 1 is 1.21 bits per heavy atom. The first-order valence-electron chi connectivity index (χ1n) is 6.82. The van der Waals surface area contributed by atoms with Gasteiger partial charge in [-0.05, 0) is 50.6 Å². The van der Waals surface area contributed by atoms with E-state index in [1.807, 2.05) is 17.8 Å². The molecule has 19 heavy (non-hydrogen) atoms. The molecule has 0 aliphatic carbocycles. The van der Waals surface area contributed by atoms with E-state index in [9.17, 15) is 0 Å². The van der Waals surface area contributed by atoms with Gasteiger partial charge in [0.2, 0.25) is 6.79 Å². The molecule has 0 bridgehead atoms. The number of hydrogen-bond acceptors (Lipinski definition) is 4. The molecule has 4 heteroatoms. The third-order valence-electron chi connectivity index (χ3n) is 3.29. The van der Waals surface area contributed by atoms with Crippen LogP contribution in [0.2, 0.25) is 0 Å². The van der Waals surface area contributed by atoms with Gasteiger partial charge in [-0.1, -0.05) is 6.07 Å². The summed E-state index contributed by atoms with van der Waals surface area (Å²) in [6.07, 6.45) is 4.35. The molecular weight excluding hydrogens is 258 g/mol. The standard InChI is InChI=1S/C15H23NO2S/c1-11(16-12(2)9-19-3)4-5-13-6-7-14-15(8-13)18-10-17-14/h6-8,11-12,16H,4-5,9-10H2,1-3H3. The van der Waals surface area contributed by atoms with Crippen LogP contribution >= 0.6 is 11.8 Å². The fourth-order valence-electron chi connectivity index (χ4n) is 2.35. The Kier molecular flexibility index (Phi) is 5.40. The van der Waals surface area contributed by atoms with Gasteiger partial charge in [0.1, 0.15) is 0 Å². The van der Waals surface area contributed by atoms with Gasteiger partial charge in [-0.25, -0.2) is 0 Å². The van der Waals surface area contributed by atoms with Gasteiger partial charge in [-0.15, -0.1) is 0 Å². The maximum Gasteiger partial charge on any atom is 0.231 e. The van der Waals surface area contributed by atoms with Crippen molar-refractivity contribution in [3.8, 4) is 11.5 Å². The monoisotopic (exact) mass is 281 g/mol. The Labute approximate surface area is 120 Å². The molecule has 0 saturated carbocycles. The van der Waals surface area contributed by atoms with Crippen LogP contribution in [0.4, 0.5) is 0 Å². The highest BCUT2D eigenvalue weighted by Gasteiger charge is 2.13. The molecule has 0 spiro atoms. The number of benzene rings is 1. The van der Waals surface area contributed by atoms with Crippen molar-refractivity contribution < 1.29 is 9.47 Å². The first-order chi connectivity index (χ1) is 9.19. The highest BCUT2D eigenvalue weighted by molar-refractivity contribution is 7.98. The van der Waals surface area contributed by atoms with Crippen molar-refractivity contribution in [1.82, 2.24) is 5.32 Å². The Morgan fingerprint density at radius 2 is 2.00 bits per heavy atom. The minimum absolute atomic E-state index is 0.350. The van der Waals surface area contributed by atoms with Crippen molar-refractivity contribution in [1.29, 1.82) is 0 Å². The third-order valence-corrected chi connectivity index (χ3v) is 4.12. The van der Waals surface area contributed by atoms with E-state index in [1.54, 1.807) is 0 Å². The number of hydrogen-bond donors (Lipinski definition) is 1. The first-order valence-corrected chi connectivity index (χ1v) is 8.22. The Bertz CT molecular complexity index is 411. The van der Waals surface area contributed by atoms with Gasteiger partial charge in [0, 0.05) is 17.8 Å². The normalized spacial score (nSPS) is 16.4. The van der Waals surface area contributed by atoms with Crippen LogP contribution in [-0.4, -0.2) is 30.9 Å². The van der Waals surface area contributed by atoms with Gasteiger partial charge in [-0.2, -0.15) is 11.8 Å². The molecule has 1 aromatic carbocycles. The van der Waals surface area contributed by atoms with Crippen molar-refractivity contribution in [3.05, 3.63) is 23.8 Å². The smallest absolute Gasteiger partial charge is 0.231 e. The Hall–Kier alpha value is -0.870. The highest BCUT2D eigenvalue weighted by atomic mass is 32.2. The van der Waals surface area contributed by atoms with Gasteiger partial charge in [-0.3, -0.25) is 0 Å². The quantitative estimate of drug-likeness (QED) is 0.832. The molecule has 0 radical (unpaired) electrons. The van der Waals surface area contributed by atoms with Crippen LogP contribution in [0.25, 0.3) is 0 Å². The van der Waals surface area contributed by atoms with Crippen LogP contribution in [-0.2, 0) is 6.42 Å². The van der Waals surface area contributed by atoms with E-state index in [0.29, 0.717) is 18.9 Å². The van der Waals surface area contributed by atoms with Gasteiger partial charge < -0.3 is 14.8 Å². The van der Waals surface area contributed by atoms with Gasteiger partial charge in [0.15, 0.2) is 11.5 Å². The molecule has 2 rings (SSSR count). The fourth-order valence-corrected chi connectivity index (χ4v) is 2.94. The molecule has 1 aliphatic rings. The minimum Gasteiger partial charge on any atom is -0.454 e. The molecule has 1 aliphatic heterocycles. The summed E-state index contributed by atoms with van der Waals surface area (Å²) in [5.41, 5.74) is 1.32. The zero-order chi connectivity index (χ0) is 13.7. The fraction of sp³-hybridized carbons (Fsp3) is 0.600. The molecule has 0 saturated heterocycles. The summed E-state index contributed by atoms with van der Waals surface area (Å²) in [5, 5.41) is 3.63. The van der Waals surface area contributed by atoms with E-state index in [4.69, 9.17) is 9.47 Å². The summed E-state index contributed by atoms with van der Waals surface area (Å²) in [6, 6.07) is 7.34. The number of fused-ring (bicyclic) bond motifs is 1. The number of ether oxygens (including phenoxy) is 2. The van der Waals surface area contributed by atoms with E-state index in [0.717, 1.165) is 30.1 Å². The Morgan fingerprint density at radius 3 is 2.79 bits per heavy atom. The summed E-state index contributed by atoms with van der Waals surface area (Å²) >= 11 is 1.89. The largest absolute Gasteiger partial charge is 0.454 e. The number of nitrogens with one attached hydrogen (secondary N) is 1. The minimum atomic E-state index is 0.350. The van der Waals surface area contributed by atoms with Crippen LogP contribution < -0.4 is 14.8 Å². The number of aryl methyl sites for hydroxylation is 1. The van der Waals surface area contributed by atoms with Crippen molar-refractivity contribution in [2.45, 2.75) is 38.8 Å². The lowest BCUT2D eigenvalue weighted by molar-refractivity contribution is 0.174. The lowest BCUT2D eigenvalue weighted by atomic mass is 10.1. The van der Waals surface area contributed by atoms with Crippen molar-refractivity contribution in [2.24, 2.45) is 0 Å². The summed E-state index contributed by atoms with van der Waals surface area (Å²) in [4.78, 5) is 0. The van der Waals surface area contributed by atoms with E-state index < -0.39 is 0 Å². The maximum atomic E-state index is 5.40. The first kappa shape index (κ1) is 14.5. The Balaban J connectivity index is 1.78. The second kappa shape index (κ2) is 7.06. The van der Waals surface area contributed by atoms with Gasteiger partial charge in [0.25, 0.3) is 0 Å².